The predicted octanol–water partition coefficient (Wildman–Crippen LogP) is 2.62. The number of esters is 1. The number of aromatic nitrogens is 1. The minimum absolute atomic E-state index is 0.139. The number of ketones is 1. The summed E-state index contributed by atoms with van der Waals surface area (Å²) in [6, 6.07) is 9.08. The summed E-state index contributed by atoms with van der Waals surface area (Å²) >= 11 is 0. The number of ether oxygens (including phenoxy) is 1. The molecule has 1 aliphatic rings. The van der Waals surface area contributed by atoms with E-state index in [1.54, 1.807) is 13.2 Å². The van der Waals surface area contributed by atoms with E-state index in [0.717, 1.165) is 18.8 Å². The van der Waals surface area contributed by atoms with Crippen LogP contribution in [-0.2, 0) is 16.6 Å². The van der Waals surface area contributed by atoms with Gasteiger partial charge in [-0.2, -0.15) is 0 Å². The first kappa shape index (κ1) is 18.7. The Labute approximate surface area is 157 Å². The molecule has 1 saturated heterocycles. The number of hydrogen-bond acceptors (Lipinski definition) is 5. The quantitative estimate of drug-likeness (QED) is 0.625. The van der Waals surface area contributed by atoms with Crippen molar-refractivity contribution in [2.24, 2.45) is 7.05 Å². The van der Waals surface area contributed by atoms with Gasteiger partial charge in [-0.05, 0) is 50.1 Å². The first-order chi connectivity index (χ1) is 12.9. The molecule has 3 rings (SSSR count). The van der Waals surface area contributed by atoms with Crippen LogP contribution in [0.25, 0.3) is 0 Å². The SMILES string of the molecule is CC(=O)c1cc(C(=O)OCC(=O)Nc2ccc(N3CCCC3)cc2)n(C)c1. The van der Waals surface area contributed by atoms with Crippen LogP contribution in [0.3, 0.4) is 0 Å². The Morgan fingerprint density at radius 2 is 1.78 bits per heavy atom. The third-order valence-corrected chi connectivity index (χ3v) is 4.58. The maximum atomic E-state index is 12.1. The van der Waals surface area contributed by atoms with E-state index in [1.807, 2.05) is 24.3 Å². The van der Waals surface area contributed by atoms with Crippen LogP contribution in [0.15, 0.2) is 36.5 Å². The summed E-state index contributed by atoms with van der Waals surface area (Å²) in [5.74, 6) is -1.21. The van der Waals surface area contributed by atoms with Crippen molar-refractivity contribution in [3.63, 3.8) is 0 Å². The minimum atomic E-state index is -0.649. The zero-order valence-electron chi connectivity index (χ0n) is 15.5. The number of aryl methyl sites for hydroxylation is 1. The number of nitrogens with zero attached hydrogens (tertiary/aromatic N) is 2. The largest absolute Gasteiger partial charge is 0.451 e. The number of anilines is 2. The zero-order chi connectivity index (χ0) is 19.4. The van der Waals surface area contributed by atoms with Crippen molar-refractivity contribution in [1.29, 1.82) is 0 Å². The fourth-order valence-corrected chi connectivity index (χ4v) is 3.09. The molecular weight excluding hydrogens is 346 g/mol. The van der Waals surface area contributed by atoms with Gasteiger partial charge >= 0.3 is 5.97 Å². The van der Waals surface area contributed by atoms with Gasteiger partial charge in [0.05, 0.1) is 0 Å². The van der Waals surface area contributed by atoms with Gasteiger partial charge < -0.3 is 19.5 Å². The highest BCUT2D eigenvalue weighted by molar-refractivity contribution is 5.99. The summed E-state index contributed by atoms with van der Waals surface area (Å²) in [6.07, 6.45) is 3.97. The molecule has 1 fully saturated rings. The smallest absolute Gasteiger partial charge is 0.355 e. The molecule has 0 unspecified atom stereocenters. The molecule has 2 aromatic rings. The lowest BCUT2D eigenvalue weighted by Crippen LogP contribution is -2.22. The lowest BCUT2D eigenvalue weighted by molar-refractivity contribution is -0.119. The number of carbonyl (C=O) groups excluding carboxylic acids is 3. The van der Waals surface area contributed by atoms with Crippen LogP contribution in [0.4, 0.5) is 11.4 Å². The number of amides is 1. The van der Waals surface area contributed by atoms with E-state index < -0.39 is 18.5 Å². The molecule has 27 heavy (non-hydrogen) atoms. The molecule has 7 heteroatoms. The molecule has 7 nitrogen and oxygen atoms in total. The van der Waals surface area contributed by atoms with Crippen LogP contribution in [0.5, 0.6) is 0 Å². The molecule has 0 bridgehead atoms. The lowest BCUT2D eigenvalue weighted by Gasteiger charge is -2.17. The number of hydrogen-bond donors (Lipinski definition) is 1. The Morgan fingerprint density at radius 1 is 1.11 bits per heavy atom. The van der Waals surface area contributed by atoms with Gasteiger partial charge in [0.15, 0.2) is 12.4 Å². The molecule has 0 radical (unpaired) electrons. The molecule has 1 aromatic heterocycles. The topological polar surface area (TPSA) is 80.6 Å². The van der Waals surface area contributed by atoms with E-state index in [0.29, 0.717) is 11.3 Å². The van der Waals surface area contributed by atoms with Crippen molar-refractivity contribution in [1.82, 2.24) is 4.57 Å². The van der Waals surface area contributed by atoms with Crippen molar-refractivity contribution in [3.8, 4) is 0 Å². The van der Waals surface area contributed by atoms with Gasteiger partial charge in [-0.1, -0.05) is 0 Å². The Balaban J connectivity index is 1.52. The van der Waals surface area contributed by atoms with Gasteiger partial charge in [0, 0.05) is 43.3 Å². The summed E-state index contributed by atoms with van der Waals surface area (Å²) in [7, 11) is 1.64. The molecule has 0 atom stereocenters. The van der Waals surface area contributed by atoms with E-state index in [9.17, 15) is 14.4 Å². The fraction of sp³-hybridized carbons (Fsp3) is 0.350. The average molecular weight is 369 g/mol. The van der Waals surface area contributed by atoms with Crippen LogP contribution in [0, 0.1) is 0 Å². The normalized spacial score (nSPS) is 13.5. The second-order valence-corrected chi connectivity index (χ2v) is 6.65. The highest BCUT2D eigenvalue weighted by Crippen LogP contribution is 2.22. The second-order valence-electron chi connectivity index (χ2n) is 6.65. The highest BCUT2D eigenvalue weighted by atomic mass is 16.5. The van der Waals surface area contributed by atoms with Crippen LogP contribution in [0.1, 0.15) is 40.6 Å². The summed E-state index contributed by atoms with van der Waals surface area (Å²) < 4.78 is 6.56. The number of nitrogens with one attached hydrogen (secondary N) is 1. The van der Waals surface area contributed by atoms with Crippen LogP contribution in [-0.4, -0.2) is 41.9 Å². The van der Waals surface area contributed by atoms with Crippen molar-refractivity contribution in [2.75, 3.05) is 29.9 Å². The van der Waals surface area contributed by atoms with Crippen LogP contribution >= 0.6 is 0 Å². The number of benzene rings is 1. The van der Waals surface area contributed by atoms with Gasteiger partial charge in [0.25, 0.3) is 5.91 Å². The van der Waals surface area contributed by atoms with Crippen molar-refractivity contribution in [3.05, 3.63) is 47.8 Å². The lowest BCUT2D eigenvalue weighted by atomic mass is 10.2. The maximum absolute atomic E-state index is 12.1. The first-order valence-corrected chi connectivity index (χ1v) is 8.93. The first-order valence-electron chi connectivity index (χ1n) is 8.93. The standard InChI is InChI=1S/C20H23N3O4/c1-14(24)15-11-18(22(2)12-15)20(26)27-13-19(25)21-16-5-7-17(8-6-16)23-9-3-4-10-23/h5-8,11-12H,3-4,9-10,13H2,1-2H3,(H,21,25). The Kier molecular flexibility index (Phi) is 5.59. The second kappa shape index (κ2) is 8.07. The van der Waals surface area contributed by atoms with E-state index in [1.165, 1.54) is 30.4 Å². The van der Waals surface area contributed by atoms with E-state index in [4.69, 9.17) is 4.74 Å². The Hall–Kier alpha value is -3.09. The molecule has 0 spiro atoms. The minimum Gasteiger partial charge on any atom is -0.451 e. The van der Waals surface area contributed by atoms with Gasteiger partial charge in [0.2, 0.25) is 0 Å². The summed E-state index contributed by atoms with van der Waals surface area (Å²) in [6.45, 7) is 3.15. The number of carbonyl (C=O) groups is 3. The molecule has 0 aliphatic carbocycles. The molecular formula is C20H23N3O4. The highest BCUT2D eigenvalue weighted by Gasteiger charge is 2.17. The maximum Gasteiger partial charge on any atom is 0.355 e. The van der Waals surface area contributed by atoms with Gasteiger partial charge in [-0.25, -0.2) is 4.79 Å². The third-order valence-electron chi connectivity index (χ3n) is 4.58. The fourth-order valence-electron chi connectivity index (χ4n) is 3.09. The average Bonchev–Trinajstić information content (AvgIpc) is 3.30. The molecule has 2 heterocycles. The summed E-state index contributed by atoms with van der Waals surface area (Å²) in [5.41, 5.74) is 2.44. The van der Waals surface area contributed by atoms with Crippen molar-refractivity contribution >= 4 is 29.0 Å². The monoisotopic (exact) mass is 369 g/mol. The van der Waals surface area contributed by atoms with Crippen molar-refractivity contribution in [2.45, 2.75) is 19.8 Å². The van der Waals surface area contributed by atoms with Crippen molar-refractivity contribution < 1.29 is 19.1 Å². The summed E-state index contributed by atoms with van der Waals surface area (Å²) in [5, 5.41) is 2.71. The molecule has 1 aromatic carbocycles. The van der Waals surface area contributed by atoms with Gasteiger partial charge in [-0.15, -0.1) is 0 Å². The van der Waals surface area contributed by atoms with E-state index in [2.05, 4.69) is 10.2 Å². The number of rotatable bonds is 6. The van der Waals surface area contributed by atoms with Crippen LogP contribution in [0.2, 0.25) is 0 Å². The van der Waals surface area contributed by atoms with E-state index in [-0.39, 0.29) is 11.5 Å². The molecule has 0 saturated carbocycles. The molecule has 1 aliphatic heterocycles. The molecule has 1 N–H and O–H groups in total. The molecule has 1 amide bonds. The summed E-state index contributed by atoms with van der Waals surface area (Å²) in [4.78, 5) is 37.8. The van der Waals surface area contributed by atoms with Crippen LogP contribution < -0.4 is 10.2 Å². The number of Topliss-reactive ketones (excluding diaryl/α,β-unsaturated/α-hetero) is 1. The Morgan fingerprint density at radius 3 is 2.37 bits per heavy atom. The van der Waals surface area contributed by atoms with Gasteiger partial charge in [0.1, 0.15) is 5.69 Å². The zero-order valence-corrected chi connectivity index (χ0v) is 15.5. The third kappa shape index (κ3) is 4.55. The molecule has 142 valence electrons. The van der Waals surface area contributed by atoms with Gasteiger partial charge in [-0.3, -0.25) is 9.59 Å². The predicted molar refractivity (Wildman–Crippen MR) is 102 cm³/mol. The van der Waals surface area contributed by atoms with E-state index >= 15 is 0 Å². The Bertz CT molecular complexity index is 849.